The predicted octanol–water partition coefficient (Wildman–Crippen LogP) is 2.96. The van der Waals surface area contributed by atoms with Gasteiger partial charge in [0.05, 0.1) is 11.4 Å². The van der Waals surface area contributed by atoms with Crippen LogP contribution < -0.4 is 11.5 Å². The lowest BCUT2D eigenvalue weighted by atomic mass is 9.96. The number of nitrogens with zero attached hydrogens (tertiary/aromatic N) is 2. The Morgan fingerprint density at radius 2 is 1.04 bits per heavy atom. The third-order valence-corrected chi connectivity index (χ3v) is 3.87. The molecule has 0 heterocycles. The highest BCUT2D eigenvalue weighted by atomic mass is 35.5. The van der Waals surface area contributed by atoms with E-state index in [2.05, 4.69) is 22.4 Å². The van der Waals surface area contributed by atoms with Gasteiger partial charge in [-0.25, -0.2) is 0 Å². The SMILES string of the molecule is Cl.Cl.NCCON=C1CC(=NOCCN)c2ccccc2-c2ccccc21. The zero-order valence-electron chi connectivity index (χ0n) is 14.8. The summed E-state index contributed by atoms with van der Waals surface area (Å²) in [5.41, 5.74) is 16.8. The van der Waals surface area contributed by atoms with Gasteiger partial charge in [0.2, 0.25) is 0 Å². The van der Waals surface area contributed by atoms with Crippen molar-refractivity contribution in [2.45, 2.75) is 6.42 Å². The van der Waals surface area contributed by atoms with E-state index in [0.717, 1.165) is 33.7 Å². The maximum absolute atomic E-state index is 5.50. The van der Waals surface area contributed by atoms with Crippen molar-refractivity contribution < 1.29 is 9.68 Å². The molecule has 0 unspecified atom stereocenters. The first kappa shape index (κ1) is 22.9. The summed E-state index contributed by atoms with van der Waals surface area (Å²) in [5, 5.41) is 8.62. The molecule has 3 rings (SSSR count). The van der Waals surface area contributed by atoms with E-state index in [0.29, 0.717) is 32.7 Å². The largest absolute Gasteiger partial charge is 0.394 e. The number of rotatable bonds is 6. The number of benzene rings is 2. The van der Waals surface area contributed by atoms with Gasteiger partial charge < -0.3 is 21.1 Å². The number of fused-ring (bicyclic) bond motifs is 3. The van der Waals surface area contributed by atoms with Gasteiger partial charge in [0.1, 0.15) is 13.2 Å². The van der Waals surface area contributed by atoms with Gasteiger partial charge in [0.15, 0.2) is 0 Å². The molecule has 146 valence electrons. The van der Waals surface area contributed by atoms with Crippen LogP contribution in [-0.4, -0.2) is 37.7 Å². The first-order valence-corrected chi connectivity index (χ1v) is 8.32. The number of oxime groups is 2. The van der Waals surface area contributed by atoms with Crippen molar-refractivity contribution in [2.24, 2.45) is 21.8 Å². The molecule has 0 aliphatic heterocycles. The Morgan fingerprint density at radius 3 is 1.41 bits per heavy atom. The van der Waals surface area contributed by atoms with Crippen LogP contribution in [-0.2, 0) is 9.68 Å². The molecule has 2 aromatic rings. The summed E-state index contributed by atoms with van der Waals surface area (Å²) in [5.74, 6) is 0. The molecule has 0 saturated heterocycles. The molecule has 0 fully saturated rings. The Balaban J connectivity index is 0.00000182. The van der Waals surface area contributed by atoms with Gasteiger partial charge in [-0.2, -0.15) is 0 Å². The van der Waals surface area contributed by atoms with Crippen LogP contribution in [0.2, 0.25) is 0 Å². The van der Waals surface area contributed by atoms with Gasteiger partial charge in [-0.1, -0.05) is 58.8 Å². The molecular formula is C19H24Cl2N4O2. The van der Waals surface area contributed by atoms with E-state index in [1.165, 1.54) is 0 Å². The van der Waals surface area contributed by atoms with Gasteiger partial charge in [0.25, 0.3) is 0 Å². The lowest BCUT2D eigenvalue weighted by Gasteiger charge is -2.09. The first-order valence-electron chi connectivity index (χ1n) is 8.32. The smallest absolute Gasteiger partial charge is 0.129 e. The highest BCUT2D eigenvalue weighted by Gasteiger charge is 2.23. The fourth-order valence-corrected chi connectivity index (χ4v) is 2.80. The highest BCUT2D eigenvalue weighted by Crippen LogP contribution is 2.33. The lowest BCUT2D eigenvalue weighted by Crippen LogP contribution is -2.13. The monoisotopic (exact) mass is 410 g/mol. The highest BCUT2D eigenvalue weighted by molar-refractivity contribution is 6.24. The van der Waals surface area contributed by atoms with E-state index in [9.17, 15) is 0 Å². The topological polar surface area (TPSA) is 95.2 Å². The van der Waals surface area contributed by atoms with Gasteiger partial charge in [-0.15, -0.1) is 24.8 Å². The van der Waals surface area contributed by atoms with Crippen LogP contribution >= 0.6 is 24.8 Å². The van der Waals surface area contributed by atoms with E-state index in [-0.39, 0.29) is 24.8 Å². The van der Waals surface area contributed by atoms with E-state index >= 15 is 0 Å². The van der Waals surface area contributed by atoms with E-state index in [4.69, 9.17) is 21.1 Å². The minimum absolute atomic E-state index is 0. The van der Waals surface area contributed by atoms with E-state index in [1.807, 2.05) is 36.4 Å². The molecular weight excluding hydrogens is 387 g/mol. The molecule has 8 heteroatoms. The third-order valence-electron chi connectivity index (χ3n) is 3.87. The molecule has 0 radical (unpaired) electrons. The Kier molecular flexibility index (Phi) is 9.82. The molecule has 0 saturated carbocycles. The minimum atomic E-state index is 0. The molecule has 6 nitrogen and oxygen atoms in total. The second kappa shape index (κ2) is 11.6. The van der Waals surface area contributed by atoms with Crippen molar-refractivity contribution in [3.63, 3.8) is 0 Å². The van der Waals surface area contributed by atoms with Crippen LogP contribution in [0.5, 0.6) is 0 Å². The molecule has 0 amide bonds. The third kappa shape index (κ3) is 5.43. The summed E-state index contributed by atoms with van der Waals surface area (Å²) in [6.07, 6.45) is 0.503. The number of hydrogen-bond donors (Lipinski definition) is 2. The van der Waals surface area contributed by atoms with Gasteiger partial charge in [-0.3, -0.25) is 0 Å². The molecule has 0 spiro atoms. The lowest BCUT2D eigenvalue weighted by molar-refractivity contribution is 0.150. The van der Waals surface area contributed by atoms with Crippen molar-refractivity contribution in [1.29, 1.82) is 0 Å². The van der Waals surface area contributed by atoms with Crippen LogP contribution in [0.3, 0.4) is 0 Å². The maximum atomic E-state index is 5.50. The van der Waals surface area contributed by atoms with Crippen molar-refractivity contribution in [3.05, 3.63) is 59.7 Å². The summed E-state index contributed by atoms with van der Waals surface area (Å²) in [6, 6.07) is 16.3. The average molecular weight is 411 g/mol. The van der Waals surface area contributed by atoms with Crippen LogP contribution in [0, 0.1) is 0 Å². The summed E-state index contributed by atoms with van der Waals surface area (Å²) >= 11 is 0. The van der Waals surface area contributed by atoms with Crippen molar-refractivity contribution in [3.8, 4) is 11.1 Å². The van der Waals surface area contributed by atoms with Crippen LogP contribution in [0.15, 0.2) is 58.8 Å². The summed E-state index contributed by atoms with van der Waals surface area (Å²) in [7, 11) is 0. The second-order valence-electron chi connectivity index (χ2n) is 5.59. The standard InChI is InChI=1S/C19H22N4O2.2ClH/c20-9-11-24-22-18-13-19(23-25-12-10-21)17-8-4-2-6-15(17)14-5-1-3-7-16(14)18;;/h1-8H,9-13,20-21H2;2*1H. The summed E-state index contributed by atoms with van der Waals surface area (Å²) < 4.78 is 0. The van der Waals surface area contributed by atoms with Crippen molar-refractivity contribution >= 4 is 36.2 Å². The Morgan fingerprint density at radius 1 is 0.667 bits per heavy atom. The molecule has 1 aliphatic carbocycles. The molecule has 4 N–H and O–H groups in total. The number of nitrogens with two attached hydrogens (primary N) is 2. The zero-order valence-corrected chi connectivity index (χ0v) is 16.5. The van der Waals surface area contributed by atoms with Crippen molar-refractivity contribution in [2.75, 3.05) is 26.3 Å². The maximum Gasteiger partial charge on any atom is 0.129 e. The summed E-state index contributed by atoms with van der Waals surface area (Å²) in [4.78, 5) is 10.7. The zero-order chi connectivity index (χ0) is 17.5. The summed E-state index contributed by atoms with van der Waals surface area (Å²) in [6.45, 7) is 1.57. The first-order chi connectivity index (χ1) is 12.3. The second-order valence-corrected chi connectivity index (χ2v) is 5.59. The predicted molar refractivity (Wildman–Crippen MR) is 114 cm³/mol. The molecule has 27 heavy (non-hydrogen) atoms. The number of halogens is 2. The van der Waals surface area contributed by atoms with Crippen LogP contribution in [0.4, 0.5) is 0 Å². The van der Waals surface area contributed by atoms with Gasteiger partial charge in [0, 0.05) is 30.6 Å². The van der Waals surface area contributed by atoms with Gasteiger partial charge >= 0.3 is 0 Å². The van der Waals surface area contributed by atoms with E-state index < -0.39 is 0 Å². The molecule has 0 atom stereocenters. The Hall–Kier alpha value is -2.12. The average Bonchev–Trinajstić information content (AvgIpc) is 2.78. The fraction of sp³-hybridized carbons (Fsp3) is 0.263. The Bertz CT molecular complexity index is 731. The Labute approximate surface area is 171 Å². The normalized spacial score (nSPS) is 15.0. The molecule has 2 aromatic carbocycles. The van der Waals surface area contributed by atoms with Crippen LogP contribution in [0.1, 0.15) is 17.5 Å². The number of hydrogen-bond acceptors (Lipinski definition) is 6. The molecule has 1 aliphatic rings. The minimum Gasteiger partial charge on any atom is -0.394 e. The van der Waals surface area contributed by atoms with Gasteiger partial charge in [-0.05, 0) is 11.1 Å². The van der Waals surface area contributed by atoms with Crippen molar-refractivity contribution in [1.82, 2.24) is 0 Å². The van der Waals surface area contributed by atoms with Crippen LogP contribution in [0.25, 0.3) is 11.1 Å². The quantitative estimate of drug-likeness (QED) is 0.564. The fourth-order valence-electron chi connectivity index (χ4n) is 2.80. The molecule has 0 bridgehead atoms. The molecule has 0 aromatic heterocycles. The van der Waals surface area contributed by atoms with E-state index in [1.54, 1.807) is 0 Å².